The molecule has 3 aromatic rings. The molecule has 0 spiro atoms. The molecule has 24 heavy (non-hydrogen) atoms. The van der Waals surface area contributed by atoms with Gasteiger partial charge in [0, 0.05) is 16.8 Å². The summed E-state index contributed by atoms with van der Waals surface area (Å²) in [6.07, 6.45) is 1.36. The molecule has 0 saturated heterocycles. The fourth-order valence-corrected chi connectivity index (χ4v) is 2.25. The normalized spacial score (nSPS) is 10.4. The first-order valence-corrected chi connectivity index (χ1v) is 7.34. The van der Waals surface area contributed by atoms with Crippen LogP contribution >= 0.6 is 11.6 Å². The Kier molecular flexibility index (Phi) is 4.39. The number of benzene rings is 2. The van der Waals surface area contributed by atoms with E-state index in [1.54, 1.807) is 24.3 Å². The number of hydrogen-bond donors (Lipinski definition) is 1. The summed E-state index contributed by atoms with van der Waals surface area (Å²) in [7, 11) is 0. The molecule has 2 aromatic carbocycles. The van der Waals surface area contributed by atoms with Crippen molar-refractivity contribution in [3.05, 3.63) is 82.9 Å². The van der Waals surface area contributed by atoms with Crippen LogP contribution in [0.25, 0.3) is 0 Å². The minimum absolute atomic E-state index is 0.00590. The number of nitrogens with zero attached hydrogens (tertiary/aromatic N) is 2. The molecule has 5 nitrogen and oxygen atoms in total. The van der Waals surface area contributed by atoms with Crippen LogP contribution in [-0.4, -0.2) is 21.6 Å². The van der Waals surface area contributed by atoms with Gasteiger partial charge in [-0.2, -0.15) is 5.10 Å². The standard InChI is InChI=1S/C17H11ClFN3O2/c18-12-5-3-4-11(10-12)17(24)22-9-8-15(21-22)16(23)20-14-7-2-1-6-13(14)19/h1-10H,(H,20,23). The van der Waals surface area contributed by atoms with Crippen LogP contribution in [0.4, 0.5) is 10.1 Å². The van der Waals surface area contributed by atoms with Crippen LogP contribution in [0.1, 0.15) is 20.8 Å². The summed E-state index contributed by atoms with van der Waals surface area (Å²) in [5, 5.41) is 6.76. The highest BCUT2D eigenvalue weighted by molar-refractivity contribution is 6.31. The van der Waals surface area contributed by atoms with Crippen LogP contribution in [0, 0.1) is 5.82 Å². The van der Waals surface area contributed by atoms with Gasteiger partial charge in [-0.25, -0.2) is 9.07 Å². The average molecular weight is 344 g/mol. The van der Waals surface area contributed by atoms with Gasteiger partial charge in [-0.3, -0.25) is 9.59 Å². The van der Waals surface area contributed by atoms with E-state index in [1.807, 2.05) is 0 Å². The number of carbonyl (C=O) groups is 2. The van der Waals surface area contributed by atoms with Gasteiger partial charge in [0.15, 0.2) is 5.69 Å². The van der Waals surface area contributed by atoms with Gasteiger partial charge < -0.3 is 5.32 Å². The van der Waals surface area contributed by atoms with Gasteiger partial charge in [-0.1, -0.05) is 29.8 Å². The summed E-state index contributed by atoms with van der Waals surface area (Å²) in [6.45, 7) is 0. The Morgan fingerprint density at radius 2 is 1.88 bits per heavy atom. The Labute approximate surface area is 141 Å². The Hall–Kier alpha value is -2.99. The van der Waals surface area contributed by atoms with Crippen molar-refractivity contribution in [1.29, 1.82) is 0 Å². The predicted molar refractivity (Wildman–Crippen MR) is 87.8 cm³/mol. The van der Waals surface area contributed by atoms with Crippen molar-refractivity contribution in [2.24, 2.45) is 0 Å². The lowest BCUT2D eigenvalue weighted by Crippen LogP contribution is -2.17. The molecule has 0 aliphatic carbocycles. The minimum atomic E-state index is -0.613. The molecular formula is C17H11ClFN3O2. The van der Waals surface area contributed by atoms with Crippen LogP contribution in [0.2, 0.25) is 5.02 Å². The van der Waals surface area contributed by atoms with Crippen molar-refractivity contribution in [3.63, 3.8) is 0 Å². The molecule has 0 atom stereocenters. The zero-order valence-electron chi connectivity index (χ0n) is 12.2. The van der Waals surface area contributed by atoms with Crippen molar-refractivity contribution >= 4 is 29.1 Å². The number of aromatic nitrogens is 2. The second kappa shape index (κ2) is 6.64. The number of hydrogen-bond acceptors (Lipinski definition) is 3. The van der Waals surface area contributed by atoms with Crippen LogP contribution in [0.3, 0.4) is 0 Å². The number of amides is 1. The zero-order valence-corrected chi connectivity index (χ0v) is 13.0. The van der Waals surface area contributed by atoms with Crippen molar-refractivity contribution in [1.82, 2.24) is 9.78 Å². The Bertz CT molecular complexity index is 923. The third-order valence-electron chi connectivity index (χ3n) is 3.22. The Morgan fingerprint density at radius 1 is 1.08 bits per heavy atom. The highest BCUT2D eigenvalue weighted by Gasteiger charge is 2.15. The van der Waals surface area contributed by atoms with Crippen LogP contribution < -0.4 is 5.32 Å². The van der Waals surface area contributed by atoms with E-state index in [0.717, 1.165) is 4.68 Å². The number of rotatable bonds is 3. The van der Waals surface area contributed by atoms with Gasteiger partial charge in [-0.15, -0.1) is 0 Å². The summed E-state index contributed by atoms with van der Waals surface area (Å²) >= 11 is 5.86. The lowest BCUT2D eigenvalue weighted by Gasteiger charge is -2.04. The molecule has 0 fully saturated rings. The quantitative estimate of drug-likeness (QED) is 0.790. The molecule has 0 aliphatic heterocycles. The topological polar surface area (TPSA) is 64.0 Å². The summed E-state index contributed by atoms with van der Waals surface area (Å²) in [4.78, 5) is 24.4. The van der Waals surface area contributed by atoms with E-state index in [9.17, 15) is 14.0 Å². The highest BCUT2D eigenvalue weighted by atomic mass is 35.5. The van der Waals surface area contributed by atoms with Gasteiger partial charge >= 0.3 is 0 Å². The lowest BCUT2D eigenvalue weighted by molar-refractivity contribution is 0.0944. The smallest absolute Gasteiger partial charge is 0.278 e. The SMILES string of the molecule is O=C(Nc1ccccc1F)c1ccn(C(=O)c2cccc(Cl)c2)n1. The lowest BCUT2D eigenvalue weighted by atomic mass is 10.2. The van der Waals surface area contributed by atoms with Gasteiger partial charge in [0.25, 0.3) is 11.8 Å². The first-order valence-electron chi connectivity index (χ1n) is 6.96. The summed E-state index contributed by atoms with van der Waals surface area (Å²) in [5.41, 5.74) is 0.374. The second-order valence-corrected chi connectivity index (χ2v) is 5.33. The molecule has 1 heterocycles. The van der Waals surface area contributed by atoms with Crippen LogP contribution in [0.15, 0.2) is 60.8 Å². The van der Waals surface area contributed by atoms with Crippen LogP contribution in [0.5, 0.6) is 0 Å². The van der Waals surface area contributed by atoms with E-state index in [1.165, 1.54) is 36.5 Å². The van der Waals surface area contributed by atoms with Crippen LogP contribution in [-0.2, 0) is 0 Å². The molecule has 0 aliphatic rings. The summed E-state index contributed by atoms with van der Waals surface area (Å²) in [5.74, 6) is -1.60. The summed E-state index contributed by atoms with van der Waals surface area (Å²) in [6, 6.07) is 13.5. The average Bonchev–Trinajstić information content (AvgIpc) is 3.06. The van der Waals surface area contributed by atoms with E-state index in [2.05, 4.69) is 10.4 Å². The van der Waals surface area contributed by atoms with Crippen molar-refractivity contribution in [2.75, 3.05) is 5.32 Å². The molecule has 1 amide bonds. The minimum Gasteiger partial charge on any atom is -0.318 e. The first-order chi connectivity index (χ1) is 11.5. The molecule has 120 valence electrons. The fourth-order valence-electron chi connectivity index (χ4n) is 2.06. The number of nitrogens with one attached hydrogen (secondary N) is 1. The molecule has 1 N–H and O–H groups in total. The number of carbonyl (C=O) groups excluding carboxylic acids is 2. The second-order valence-electron chi connectivity index (χ2n) is 4.90. The molecular weight excluding hydrogens is 333 g/mol. The molecule has 0 bridgehead atoms. The van der Waals surface area contributed by atoms with E-state index >= 15 is 0 Å². The number of anilines is 1. The van der Waals surface area contributed by atoms with Crippen molar-refractivity contribution in [2.45, 2.75) is 0 Å². The zero-order chi connectivity index (χ0) is 17.1. The van der Waals surface area contributed by atoms with Gasteiger partial charge in [0.05, 0.1) is 5.69 Å². The fraction of sp³-hybridized carbons (Fsp3) is 0. The first kappa shape index (κ1) is 15.9. The largest absolute Gasteiger partial charge is 0.318 e. The molecule has 3 rings (SSSR count). The molecule has 0 radical (unpaired) electrons. The monoisotopic (exact) mass is 343 g/mol. The molecule has 1 aromatic heterocycles. The van der Waals surface area contributed by atoms with Gasteiger partial charge in [-0.05, 0) is 36.4 Å². The van der Waals surface area contributed by atoms with Crippen molar-refractivity contribution < 1.29 is 14.0 Å². The Morgan fingerprint density at radius 3 is 2.62 bits per heavy atom. The maximum atomic E-state index is 13.6. The highest BCUT2D eigenvalue weighted by Crippen LogP contribution is 2.14. The third-order valence-corrected chi connectivity index (χ3v) is 3.46. The van der Waals surface area contributed by atoms with E-state index in [0.29, 0.717) is 10.6 Å². The molecule has 0 unspecified atom stereocenters. The predicted octanol–water partition coefficient (Wildman–Crippen LogP) is 3.62. The number of para-hydroxylation sites is 1. The molecule has 0 saturated carbocycles. The maximum absolute atomic E-state index is 13.6. The molecule has 7 heteroatoms. The van der Waals surface area contributed by atoms with E-state index in [-0.39, 0.29) is 11.4 Å². The third kappa shape index (κ3) is 3.33. The van der Waals surface area contributed by atoms with Gasteiger partial charge in [0.1, 0.15) is 5.82 Å². The Balaban J connectivity index is 1.79. The van der Waals surface area contributed by atoms with Crippen molar-refractivity contribution in [3.8, 4) is 0 Å². The van der Waals surface area contributed by atoms with Gasteiger partial charge in [0.2, 0.25) is 0 Å². The van der Waals surface area contributed by atoms with E-state index < -0.39 is 17.6 Å². The number of halogens is 2. The van der Waals surface area contributed by atoms with E-state index in [4.69, 9.17) is 11.6 Å². The summed E-state index contributed by atoms with van der Waals surface area (Å²) < 4.78 is 14.6. The maximum Gasteiger partial charge on any atom is 0.278 e.